The number of nitrogens with one attached hydrogen (secondary N) is 1. The van der Waals surface area contributed by atoms with Gasteiger partial charge in [0.2, 0.25) is 0 Å². The molecule has 2 atom stereocenters. The van der Waals surface area contributed by atoms with E-state index in [2.05, 4.69) is 44.9 Å². The molecule has 0 aromatic heterocycles. The van der Waals surface area contributed by atoms with Gasteiger partial charge in [-0.2, -0.15) is 5.26 Å². The third-order valence-electron chi connectivity index (χ3n) is 2.88. The molecule has 0 bridgehead atoms. The van der Waals surface area contributed by atoms with Crippen LogP contribution in [0, 0.1) is 17.2 Å². The second kappa shape index (κ2) is 5.49. The van der Waals surface area contributed by atoms with E-state index in [-0.39, 0.29) is 6.04 Å². The number of ether oxygens (including phenoxy) is 1. The van der Waals surface area contributed by atoms with Gasteiger partial charge in [0.25, 0.3) is 0 Å². The smallest absolute Gasteiger partial charge is 0.183 e. The average molecular weight is 256 g/mol. The van der Waals surface area contributed by atoms with Crippen molar-refractivity contribution < 1.29 is 9.16 Å². The zero-order valence-electron chi connectivity index (χ0n) is 11.5. The average Bonchev–Trinajstić information content (AvgIpc) is 2.26. The summed E-state index contributed by atoms with van der Waals surface area (Å²) in [6.07, 6.45) is 0. The molecule has 1 saturated heterocycles. The van der Waals surface area contributed by atoms with E-state index in [1.807, 2.05) is 0 Å². The fraction of sp³-hybridized carbons (Fsp3) is 0.917. The Morgan fingerprint density at radius 2 is 2.18 bits per heavy atom. The quantitative estimate of drug-likeness (QED) is 0.779. The van der Waals surface area contributed by atoms with Gasteiger partial charge in [-0.25, -0.2) is 0 Å². The molecule has 17 heavy (non-hydrogen) atoms. The number of hydrogen-bond donors (Lipinski definition) is 1. The molecular weight excluding hydrogens is 232 g/mol. The van der Waals surface area contributed by atoms with Gasteiger partial charge in [0, 0.05) is 6.04 Å². The maximum Gasteiger partial charge on any atom is 0.183 e. The summed E-state index contributed by atoms with van der Waals surface area (Å²) in [7, 11) is -1.60. The number of nitriles is 1. The van der Waals surface area contributed by atoms with Crippen molar-refractivity contribution in [1.82, 2.24) is 5.32 Å². The molecule has 1 aliphatic rings. The van der Waals surface area contributed by atoms with Gasteiger partial charge in [0.05, 0.1) is 25.9 Å². The first-order valence-electron chi connectivity index (χ1n) is 6.19. The van der Waals surface area contributed by atoms with Crippen molar-refractivity contribution in [3.8, 4) is 6.07 Å². The maximum atomic E-state index is 9.38. The summed E-state index contributed by atoms with van der Waals surface area (Å²) in [5, 5.41) is 12.8. The Morgan fingerprint density at radius 3 is 2.65 bits per heavy atom. The van der Waals surface area contributed by atoms with Gasteiger partial charge >= 0.3 is 0 Å². The van der Waals surface area contributed by atoms with Gasteiger partial charge in [-0.05, 0) is 25.6 Å². The molecule has 1 fully saturated rings. The van der Waals surface area contributed by atoms with Crippen molar-refractivity contribution >= 4 is 8.32 Å². The van der Waals surface area contributed by atoms with Crippen LogP contribution in [0.1, 0.15) is 13.8 Å². The number of hydrogen-bond acceptors (Lipinski definition) is 4. The molecule has 0 aromatic carbocycles. The first-order chi connectivity index (χ1) is 7.78. The molecule has 0 unspecified atom stereocenters. The van der Waals surface area contributed by atoms with E-state index in [0.29, 0.717) is 25.7 Å². The normalized spacial score (nSPS) is 30.3. The SMILES string of the molecule is CC(C)[C@H]1COC[C@@](C#N)(CO[Si](C)(C)C)N1. The van der Waals surface area contributed by atoms with E-state index in [4.69, 9.17) is 9.16 Å². The van der Waals surface area contributed by atoms with Crippen LogP contribution in [0.15, 0.2) is 0 Å². The van der Waals surface area contributed by atoms with Crippen molar-refractivity contribution in [2.24, 2.45) is 5.92 Å². The lowest BCUT2D eigenvalue weighted by molar-refractivity contribution is -0.00904. The predicted molar refractivity (Wildman–Crippen MR) is 70.2 cm³/mol. The van der Waals surface area contributed by atoms with Crippen LogP contribution in [0.25, 0.3) is 0 Å². The Morgan fingerprint density at radius 1 is 1.53 bits per heavy atom. The molecule has 1 aliphatic heterocycles. The molecule has 5 heteroatoms. The third-order valence-corrected chi connectivity index (χ3v) is 3.89. The second-order valence-electron chi connectivity index (χ2n) is 6.10. The molecule has 1 heterocycles. The minimum absolute atomic E-state index is 0.230. The molecule has 0 aromatic rings. The lowest BCUT2D eigenvalue weighted by atomic mass is 9.96. The Bertz CT molecular complexity index is 296. The van der Waals surface area contributed by atoms with E-state index in [9.17, 15) is 5.26 Å². The standard InChI is InChI=1S/C12H24N2O2Si/c1-10(2)11-6-15-8-12(7-13,14-11)9-16-17(3,4)5/h10-11,14H,6,8-9H2,1-5H3/t11-,12+/m1/s1. The van der Waals surface area contributed by atoms with Crippen molar-refractivity contribution in [3.63, 3.8) is 0 Å². The van der Waals surface area contributed by atoms with Crippen LogP contribution < -0.4 is 5.32 Å². The highest BCUT2D eigenvalue weighted by Gasteiger charge is 2.39. The van der Waals surface area contributed by atoms with Crippen LogP contribution in [-0.2, 0) is 9.16 Å². The Hall–Kier alpha value is -0.413. The Balaban J connectivity index is 2.65. The number of rotatable bonds is 4. The van der Waals surface area contributed by atoms with Crippen LogP contribution in [0.2, 0.25) is 19.6 Å². The maximum absolute atomic E-state index is 9.38. The molecule has 1 rings (SSSR count). The highest BCUT2D eigenvalue weighted by atomic mass is 28.4. The molecule has 0 radical (unpaired) electrons. The zero-order valence-corrected chi connectivity index (χ0v) is 12.5. The topological polar surface area (TPSA) is 54.3 Å². The fourth-order valence-electron chi connectivity index (χ4n) is 1.68. The van der Waals surface area contributed by atoms with E-state index in [1.54, 1.807) is 0 Å². The summed E-state index contributed by atoms with van der Waals surface area (Å²) in [5.74, 6) is 0.454. The Labute approximate surface area is 105 Å². The minimum atomic E-state index is -1.60. The number of morpholine rings is 1. The minimum Gasteiger partial charge on any atom is -0.415 e. The summed E-state index contributed by atoms with van der Waals surface area (Å²) in [5.41, 5.74) is -0.673. The van der Waals surface area contributed by atoms with Gasteiger partial charge < -0.3 is 9.16 Å². The lowest BCUT2D eigenvalue weighted by Crippen LogP contribution is -2.62. The van der Waals surface area contributed by atoms with Gasteiger partial charge in [-0.3, -0.25) is 5.32 Å². The summed E-state index contributed by atoms with van der Waals surface area (Å²) in [6.45, 7) is 12.2. The van der Waals surface area contributed by atoms with Crippen LogP contribution in [0.3, 0.4) is 0 Å². The number of nitrogens with zero attached hydrogens (tertiary/aromatic N) is 1. The molecular formula is C12H24N2O2Si. The molecule has 4 nitrogen and oxygen atoms in total. The van der Waals surface area contributed by atoms with E-state index in [1.165, 1.54) is 0 Å². The fourth-order valence-corrected chi connectivity index (χ4v) is 2.36. The summed E-state index contributed by atoms with van der Waals surface area (Å²) >= 11 is 0. The zero-order chi connectivity index (χ0) is 13.1. The molecule has 0 spiro atoms. The Kier molecular flexibility index (Phi) is 4.73. The monoisotopic (exact) mass is 256 g/mol. The summed E-state index contributed by atoms with van der Waals surface area (Å²) in [4.78, 5) is 0. The van der Waals surface area contributed by atoms with Gasteiger partial charge in [0.1, 0.15) is 0 Å². The first-order valence-corrected chi connectivity index (χ1v) is 9.59. The second-order valence-corrected chi connectivity index (χ2v) is 10.6. The van der Waals surface area contributed by atoms with Gasteiger partial charge in [-0.1, -0.05) is 13.8 Å². The van der Waals surface area contributed by atoms with E-state index < -0.39 is 13.9 Å². The summed E-state index contributed by atoms with van der Waals surface area (Å²) in [6, 6.07) is 2.57. The molecule has 0 saturated carbocycles. The summed E-state index contributed by atoms with van der Waals surface area (Å²) < 4.78 is 11.4. The lowest BCUT2D eigenvalue weighted by Gasteiger charge is -2.39. The highest BCUT2D eigenvalue weighted by molar-refractivity contribution is 6.69. The van der Waals surface area contributed by atoms with Crippen molar-refractivity contribution in [3.05, 3.63) is 0 Å². The van der Waals surface area contributed by atoms with Crippen LogP contribution in [0.4, 0.5) is 0 Å². The molecule has 98 valence electrons. The van der Waals surface area contributed by atoms with Gasteiger partial charge in [0.15, 0.2) is 13.9 Å². The van der Waals surface area contributed by atoms with Crippen LogP contribution in [-0.4, -0.2) is 39.7 Å². The molecule has 1 N–H and O–H groups in total. The predicted octanol–water partition coefficient (Wildman–Crippen LogP) is 1.74. The van der Waals surface area contributed by atoms with E-state index >= 15 is 0 Å². The first kappa shape index (κ1) is 14.6. The van der Waals surface area contributed by atoms with Crippen molar-refractivity contribution in [1.29, 1.82) is 5.26 Å². The van der Waals surface area contributed by atoms with Crippen molar-refractivity contribution in [2.75, 3.05) is 19.8 Å². The molecule has 0 aliphatic carbocycles. The van der Waals surface area contributed by atoms with Crippen LogP contribution >= 0.6 is 0 Å². The van der Waals surface area contributed by atoms with Crippen molar-refractivity contribution in [2.45, 2.75) is 45.1 Å². The van der Waals surface area contributed by atoms with Gasteiger partial charge in [-0.15, -0.1) is 0 Å². The third kappa shape index (κ3) is 4.40. The van der Waals surface area contributed by atoms with E-state index in [0.717, 1.165) is 0 Å². The molecule has 0 amide bonds. The largest absolute Gasteiger partial charge is 0.415 e. The van der Waals surface area contributed by atoms with Crippen LogP contribution in [0.5, 0.6) is 0 Å². The highest BCUT2D eigenvalue weighted by Crippen LogP contribution is 2.18.